The van der Waals surface area contributed by atoms with Crippen LogP contribution < -0.4 is 5.32 Å². The molecule has 1 atom stereocenters. The van der Waals surface area contributed by atoms with Crippen molar-refractivity contribution < 1.29 is 32.4 Å². The highest BCUT2D eigenvalue weighted by Crippen LogP contribution is 2.29. The Hall–Kier alpha value is -2.91. The largest absolute Gasteiger partial charge is 0.480 e. The van der Waals surface area contributed by atoms with E-state index < -0.39 is 30.0 Å². The number of aromatic nitrogens is 2. The summed E-state index contributed by atoms with van der Waals surface area (Å²) in [5.41, 5.74) is 0.370. The molecule has 10 heteroatoms. The maximum Gasteiger partial charge on any atom is 0.471 e. The smallest absolute Gasteiger partial charge is 0.471 e. The number of nitrogens with one attached hydrogen (secondary N) is 1. The number of hydrogen-bond donors (Lipinski definition) is 2. The van der Waals surface area contributed by atoms with Gasteiger partial charge in [-0.3, -0.25) is 4.79 Å². The summed E-state index contributed by atoms with van der Waals surface area (Å²) in [4.78, 5) is 26.0. The molecule has 0 spiro atoms. The van der Waals surface area contributed by atoms with Crippen LogP contribution in [0.4, 0.5) is 13.2 Å². The van der Waals surface area contributed by atoms with Gasteiger partial charge in [0.2, 0.25) is 5.82 Å². The van der Waals surface area contributed by atoms with Gasteiger partial charge in [0, 0.05) is 11.1 Å². The van der Waals surface area contributed by atoms with Crippen LogP contribution in [0.2, 0.25) is 0 Å². The number of carboxylic acids is 1. The fraction of sp³-hybridized carbons (Fsp3) is 0.286. The van der Waals surface area contributed by atoms with Crippen molar-refractivity contribution >= 4 is 11.9 Å². The van der Waals surface area contributed by atoms with Gasteiger partial charge in [0.25, 0.3) is 5.91 Å². The number of carbonyl (C=O) groups excluding carboxylic acids is 1. The topological polar surface area (TPSA) is 105 Å². The Labute approximate surface area is 133 Å². The summed E-state index contributed by atoms with van der Waals surface area (Å²) in [6.07, 6.45) is -4.53. The first-order valence-electron chi connectivity index (χ1n) is 6.77. The third-order valence-corrected chi connectivity index (χ3v) is 3.09. The van der Waals surface area contributed by atoms with Crippen molar-refractivity contribution in [2.45, 2.75) is 25.6 Å². The number of nitrogens with zero attached hydrogens (tertiary/aromatic N) is 2. The van der Waals surface area contributed by atoms with Gasteiger partial charge in [-0.1, -0.05) is 24.2 Å². The van der Waals surface area contributed by atoms with Crippen LogP contribution in [0.5, 0.6) is 0 Å². The quantitative estimate of drug-likeness (QED) is 0.863. The molecule has 2 aromatic rings. The molecule has 1 aromatic carbocycles. The van der Waals surface area contributed by atoms with Crippen molar-refractivity contribution in [3.05, 3.63) is 35.7 Å². The highest BCUT2D eigenvalue weighted by atomic mass is 19.4. The second-order valence-electron chi connectivity index (χ2n) is 4.77. The first kappa shape index (κ1) is 17.4. The molecule has 0 radical (unpaired) electrons. The fourth-order valence-electron chi connectivity index (χ4n) is 1.81. The summed E-state index contributed by atoms with van der Waals surface area (Å²) in [5, 5.41) is 14.5. The average Bonchev–Trinajstić information content (AvgIpc) is 3.02. The lowest BCUT2D eigenvalue weighted by molar-refractivity contribution is -0.159. The van der Waals surface area contributed by atoms with Crippen LogP contribution in [-0.2, 0) is 11.0 Å². The molecular weight excluding hydrogens is 331 g/mol. The highest BCUT2D eigenvalue weighted by molar-refractivity contribution is 5.96. The monoisotopic (exact) mass is 343 g/mol. The normalized spacial score (nSPS) is 12.7. The summed E-state index contributed by atoms with van der Waals surface area (Å²) in [5.74, 6) is -3.51. The van der Waals surface area contributed by atoms with E-state index in [1.54, 1.807) is 6.92 Å². The van der Waals surface area contributed by atoms with Crippen LogP contribution in [0.15, 0.2) is 28.8 Å². The van der Waals surface area contributed by atoms with Crippen molar-refractivity contribution in [2.24, 2.45) is 0 Å². The Morgan fingerprint density at radius 3 is 2.38 bits per heavy atom. The number of carboxylic acid groups (broad SMARTS) is 1. The maximum atomic E-state index is 12.4. The Balaban J connectivity index is 2.14. The third-order valence-electron chi connectivity index (χ3n) is 3.09. The summed E-state index contributed by atoms with van der Waals surface area (Å²) in [7, 11) is 0. The van der Waals surface area contributed by atoms with E-state index in [0.29, 0.717) is 0 Å². The molecule has 1 heterocycles. The van der Waals surface area contributed by atoms with Gasteiger partial charge < -0.3 is 14.9 Å². The van der Waals surface area contributed by atoms with Gasteiger partial charge in [-0.2, -0.15) is 18.2 Å². The number of halogens is 3. The number of amides is 1. The van der Waals surface area contributed by atoms with E-state index in [2.05, 4.69) is 20.0 Å². The minimum absolute atomic E-state index is 0.151. The molecule has 0 fully saturated rings. The first-order valence-corrected chi connectivity index (χ1v) is 6.77. The second kappa shape index (κ2) is 6.69. The molecule has 7 nitrogen and oxygen atoms in total. The van der Waals surface area contributed by atoms with Gasteiger partial charge in [-0.25, -0.2) is 4.79 Å². The van der Waals surface area contributed by atoms with Crippen molar-refractivity contribution in [1.82, 2.24) is 15.5 Å². The van der Waals surface area contributed by atoms with E-state index in [1.807, 2.05) is 0 Å². The molecule has 0 bridgehead atoms. The molecule has 0 saturated heterocycles. The average molecular weight is 343 g/mol. The number of benzene rings is 1. The van der Waals surface area contributed by atoms with E-state index in [-0.39, 0.29) is 23.4 Å². The standard InChI is InChI=1S/C14H12F3N3O4/c1-2-9(12(22)23)18-11(21)8-5-3-7(4-6-8)10-19-13(24-20-10)14(15,16)17/h3-6,9H,2H2,1H3,(H,18,21)(H,22,23). The van der Waals surface area contributed by atoms with Gasteiger partial charge >= 0.3 is 18.0 Å². The third kappa shape index (κ3) is 3.89. The summed E-state index contributed by atoms with van der Waals surface area (Å²) in [6, 6.07) is 4.29. The van der Waals surface area contributed by atoms with E-state index in [4.69, 9.17) is 5.11 Å². The molecule has 0 saturated carbocycles. The van der Waals surface area contributed by atoms with Gasteiger partial charge in [-0.15, -0.1) is 0 Å². The van der Waals surface area contributed by atoms with Gasteiger partial charge in [0.1, 0.15) is 6.04 Å². The van der Waals surface area contributed by atoms with Gasteiger partial charge in [-0.05, 0) is 18.6 Å². The number of hydrogen-bond acceptors (Lipinski definition) is 5. The molecule has 1 aromatic heterocycles. The minimum Gasteiger partial charge on any atom is -0.480 e. The van der Waals surface area contributed by atoms with Crippen LogP contribution in [0.3, 0.4) is 0 Å². The lowest BCUT2D eigenvalue weighted by atomic mass is 10.1. The second-order valence-corrected chi connectivity index (χ2v) is 4.77. The summed E-state index contributed by atoms with van der Waals surface area (Å²) >= 11 is 0. The van der Waals surface area contributed by atoms with Crippen molar-refractivity contribution in [3.8, 4) is 11.4 Å². The first-order chi connectivity index (χ1) is 11.2. The zero-order valence-electron chi connectivity index (χ0n) is 12.3. The van der Waals surface area contributed by atoms with Crippen LogP contribution in [0.25, 0.3) is 11.4 Å². The maximum absolute atomic E-state index is 12.4. The van der Waals surface area contributed by atoms with Gasteiger partial charge in [0.15, 0.2) is 0 Å². The van der Waals surface area contributed by atoms with E-state index in [0.717, 1.165) is 0 Å². The minimum atomic E-state index is -4.74. The highest BCUT2D eigenvalue weighted by Gasteiger charge is 2.38. The molecule has 24 heavy (non-hydrogen) atoms. The summed E-state index contributed by atoms with van der Waals surface area (Å²) < 4.78 is 41.4. The molecular formula is C14H12F3N3O4. The van der Waals surface area contributed by atoms with Crippen LogP contribution in [0, 0.1) is 0 Å². The zero-order chi connectivity index (χ0) is 17.9. The number of rotatable bonds is 5. The fourth-order valence-corrected chi connectivity index (χ4v) is 1.81. The summed E-state index contributed by atoms with van der Waals surface area (Å²) in [6.45, 7) is 1.61. The SMILES string of the molecule is CCC(NC(=O)c1ccc(-c2noc(C(F)(F)F)n2)cc1)C(=O)O. The van der Waals surface area contributed by atoms with Crippen molar-refractivity contribution in [2.75, 3.05) is 0 Å². The molecule has 1 unspecified atom stereocenters. The van der Waals surface area contributed by atoms with Crippen LogP contribution >= 0.6 is 0 Å². The van der Waals surface area contributed by atoms with E-state index in [9.17, 15) is 22.8 Å². The Bertz CT molecular complexity index is 740. The predicted octanol–water partition coefficient (Wildman–Crippen LogP) is 2.35. The molecule has 0 aliphatic rings. The van der Waals surface area contributed by atoms with Gasteiger partial charge in [0.05, 0.1) is 0 Å². The predicted molar refractivity (Wildman–Crippen MR) is 73.9 cm³/mol. The lowest BCUT2D eigenvalue weighted by Gasteiger charge is -2.12. The van der Waals surface area contributed by atoms with Crippen LogP contribution in [0.1, 0.15) is 29.6 Å². The molecule has 0 aliphatic carbocycles. The molecule has 1 amide bonds. The Kier molecular flexibility index (Phi) is 4.86. The zero-order valence-corrected chi connectivity index (χ0v) is 12.3. The van der Waals surface area contributed by atoms with Crippen molar-refractivity contribution in [1.29, 1.82) is 0 Å². The lowest BCUT2D eigenvalue weighted by Crippen LogP contribution is -2.40. The number of aliphatic carboxylic acids is 1. The van der Waals surface area contributed by atoms with E-state index >= 15 is 0 Å². The Morgan fingerprint density at radius 1 is 1.29 bits per heavy atom. The molecule has 2 rings (SSSR count). The van der Waals surface area contributed by atoms with Crippen LogP contribution in [-0.4, -0.2) is 33.2 Å². The molecule has 2 N–H and O–H groups in total. The molecule has 128 valence electrons. The van der Waals surface area contributed by atoms with E-state index in [1.165, 1.54) is 24.3 Å². The Morgan fingerprint density at radius 2 is 1.92 bits per heavy atom. The number of alkyl halides is 3. The van der Waals surface area contributed by atoms with Crippen molar-refractivity contribution in [3.63, 3.8) is 0 Å². The molecule has 0 aliphatic heterocycles. The number of carbonyl (C=O) groups is 2.